The molecular weight excluding hydrogens is 1360 g/mol. The van der Waals surface area contributed by atoms with Crippen molar-refractivity contribution < 1.29 is 87.5 Å². The van der Waals surface area contributed by atoms with Gasteiger partial charge in [-0.05, 0) is 117 Å². The van der Waals surface area contributed by atoms with E-state index in [0.717, 1.165) is 0 Å². The molecule has 2 heterocycles. The number of likely N-dealkylation sites (tertiary alicyclic amines) is 2. The smallest absolute Gasteiger partial charge is 0.326 e. The second-order valence-corrected chi connectivity index (χ2v) is 27.4. The van der Waals surface area contributed by atoms with E-state index < -0.39 is 181 Å². The van der Waals surface area contributed by atoms with Crippen molar-refractivity contribution in [3.63, 3.8) is 0 Å². The van der Waals surface area contributed by atoms with Crippen molar-refractivity contribution >= 4 is 94.6 Å². The minimum Gasteiger partial charge on any atom is -0.508 e. The van der Waals surface area contributed by atoms with Crippen LogP contribution in [0.15, 0.2) is 84.9 Å². The van der Waals surface area contributed by atoms with E-state index in [1.165, 1.54) is 47.5 Å². The first-order valence-corrected chi connectivity index (χ1v) is 35.8. The fourth-order valence-electron chi connectivity index (χ4n) is 12.0. The van der Waals surface area contributed by atoms with Gasteiger partial charge in [-0.2, -0.15) is 11.8 Å². The summed E-state index contributed by atoms with van der Waals surface area (Å²) in [7, 11) is 0. The number of aliphatic hydroxyl groups excluding tert-OH is 1. The molecule has 564 valence electrons. The molecule has 103 heavy (non-hydrogen) atoms. The largest absolute Gasteiger partial charge is 0.508 e. The predicted molar refractivity (Wildman–Crippen MR) is 378 cm³/mol. The lowest BCUT2D eigenvalue weighted by Crippen LogP contribution is -2.61. The van der Waals surface area contributed by atoms with Crippen molar-refractivity contribution in [3.05, 3.63) is 102 Å². The van der Waals surface area contributed by atoms with Crippen LogP contribution in [0.4, 0.5) is 0 Å². The van der Waals surface area contributed by atoms with Gasteiger partial charge >= 0.3 is 11.9 Å². The van der Waals surface area contributed by atoms with Crippen LogP contribution in [0.1, 0.15) is 115 Å². The predicted octanol–water partition coefficient (Wildman–Crippen LogP) is -1.90. The summed E-state index contributed by atoms with van der Waals surface area (Å²) < 4.78 is 0. The van der Waals surface area contributed by atoms with Crippen LogP contribution >= 0.6 is 11.8 Å². The lowest BCUT2D eigenvalue weighted by molar-refractivity contribution is -0.145. The molecule has 32 nitrogen and oxygen atoms in total. The maximum Gasteiger partial charge on any atom is 0.326 e. The number of aromatic hydroxyl groups is 1. The van der Waals surface area contributed by atoms with Gasteiger partial charge in [0.1, 0.15) is 72.2 Å². The van der Waals surface area contributed by atoms with Gasteiger partial charge in [0.2, 0.25) is 70.9 Å². The zero-order chi connectivity index (χ0) is 76.0. The topological polar surface area (TPSA) is 513 Å². The summed E-state index contributed by atoms with van der Waals surface area (Å²) in [6.07, 6.45) is 1.66. The minimum atomic E-state index is -1.91. The normalized spacial score (nSPS) is 17.1. The molecule has 33 heteroatoms. The number of benzene rings is 3. The molecule has 0 radical (unpaired) electrons. The number of nitrogens with one attached hydrogen (secondary N) is 9. The Hall–Kier alpha value is -9.73. The van der Waals surface area contributed by atoms with Crippen LogP contribution in [0.25, 0.3) is 0 Å². The van der Waals surface area contributed by atoms with Crippen molar-refractivity contribution in [2.24, 2.45) is 29.0 Å². The maximum absolute atomic E-state index is 15.1. The molecule has 0 aliphatic carbocycles. The molecule has 12 atom stereocenters. The lowest BCUT2D eigenvalue weighted by atomic mass is 9.98. The molecular formula is C70H100N14O18S. The van der Waals surface area contributed by atoms with E-state index >= 15 is 9.59 Å². The van der Waals surface area contributed by atoms with Crippen LogP contribution in [0.2, 0.25) is 0 Å². The van der Waals surface area contributed by atoms with E-state index in [2.05, 4.69) is 47.9 Å². The molecule has 2 saturated heterocycles. The van der Waals surface area contributed by atoms with Crippen LogP contribution in [-0.2, 0) is 86.4 Å². The number of hydrogen-bond acceptors (Lipinski definition) is 19. The monoisotopic (exact) mass is 1460 g/mol. The van der Waals surface area contributed by atoms with Crippen molar-refractivity contribution in [3.8, 4) is 5.75 Å². The number of phenolic OH excluding ortho intramolecular Hbond substituents is 1. The summed E-state index contributed by atoms with van der Waals surface area (Å²) in [6.45, 7) is 5.84. The summed E-state index contributed by atoms with van der Waals surface area (Å²) in [5.74, 6) is -14.1. The molecule has 0 saturated carbocycles. The Kier molecular flexibility index (Phi) is 34.2. The molecule has 3 aromatic rings. The Balaban J connectivity index is 1.37. The molecule has 3 aromatic carbocycles. The van der Waals surface area contributed by atoms with Gasteiger partial charge in [0.15, 0.2) is 0 Å². The number of carboxylic acid groups (broad SMARTS) is 2. The van der Waals surface area contributed by atoms with Gasteiger partial charge in [0, 0.05) is 32.4 Å². The van der Waals surface area contributed by atoms with Crippen molar-refractivity contribution in [1.29, 1.82) is 0 Å². The highest BCUT2D eigenvalue weighted by Crippen LogP contribution is 2.25. The third-order valence-electron chi connectivity index (χ3n) is 17.5. The fraction of sp³-hybridized carbons (Fsp3) is 0.543. The number of nitrogens with two attached hydrogens (primary N) is 3. The van der Waals surface area contributed by atoms with Gasteiger partial charge in [-0.15, -0.1) is 0 Å². The van der Waals surface area contributed by atoms with Crippen molar-refractivity contribution in [1.82, 2.24) is 57.7 Å². The van der Waals surface area contributed by atoms with Crippen LogP contribution in [0, 0.1) is 11.8 Å². The number of phenols is 1. The first kappa shape index (κ1) is 83.9. The third-order valence-corrected chi connectivity index (χ3v) is 18.1. The Labute approximate surface area is 602 Å². The van der Waals surface area contributed by atoms with E-state index in [-0.39, 0.29) is 82.7 Å². The number of carboxylic acids is 2. The van der Waals surface area contributed by atoms with E-state index in [9.17, 15) is 78.0 Å². The van der Waals surface area contributed by atoms with Gasteiger partial charge in [-0.3, -0.25) is 62.3 Å². The summed E-state index contributed by atoms with van der Waals surface area (Å²) in [5, 5.41) is 63.1. The standard InChI is InChI=1S/C70H100N14O18S/c1-39(2)32-48(78-67(98)58(40(3)4)82-63(94)50(37-57(88)89)77-64(95)53(38-85)81-59(90)45(72)36-56(73)87)61(92)76-49(33-41-16-8-6-9-17-41)62(93)75-47(20-12-13-28-71)68(99)83-29-14-22-55(83)66(97)79-51(34-43-23-25-44(86)26-24-43)69(100)84-30-15-21-54(84)65(96)74-46(27-31-103-5)60(91)80-52(70(101)102)35-42-18-10-7-11-19-42/h6-11,16-19,23-26,39-40,45-55,58,85-86H,12-15,20-22,27-38,71-72H2,1-5H3,(H2,73,87)(H,74,96)(H,75,93)(H,76,92)(H,77,95)(H,78,98)(H,79,97)(H,80,91)(H,81,90)(H,82,94)(H,88,89)(H,101,102)/t45-,46-,47-,48-,49-,50-,51-,52-,53-,54-,55-,58-/m0/s1. The molecule has 0 spiro atoms. The fourth-order valence-corrected chi connectivity index (χ4v) is 12.5. The second-order valence-electron chi connectivity index (χ2n) is 26.4. The quantitative estimate of drug-likeness (QED) is 0.0276. The van der Waals surface area contributed by atoms with Crippen LogP contribution < -0.4 is 65.1 Å². The molecule has 19 N–H and O–H groups in total. The Morgan fingerprint density at radius 2 is 0.971 bits per heavy atom. The van der Waals surface area contributed by atoms with E-state index in [0.29, 0.717) is 48.1 Å². The van der Waals surface area contributed by atoms with Crippen LogP contribution in [-0.4, -0.2) is 224 Å². The Bertz CT molecular complexity index is 3410. The van der Waals surface area contributed by atoms with Gasteiger partial charge in [0.25, 0.3) is 0 Å². The average molecular weight is 1460 g/mol. The van der Waals surface area contributed by atoms with E-state index in [1.807, 2.05) is 0 Å². The first-order valence-electron chi connectivity index (χ1n) is 34.4. The zero-order valence-corrected chi connectivity index (χ0v) is 59.5. The number of nitrogens with zero attached hydrogens (tertiary/aromatic N) is 2. The molecule has 0 unspecified atom stereocenters. The van der Waals surface area contributed by atoms with Gasteiger partial charge < -0.3 is 95.3 Å². The molecule has 2 fully saturated rings. The van der Waals surface area contributed by atoms with Crippen LogP contribution in [0.5, 0.6) is 5.75 Å². The molecule has 12 amide bonds. The molecule has 2 aliphatic heterocycles. The SMILES string of the molecule is CSCC[C@H](NC(=O)[C@@H]1CCCN1C(=O)[C@H](Cc1ccc(O)cc1)NC(=O)[C@@H]1CCCN1C(=O)[C@H](CCCCN)NC(=O)[C@H](Cc1ccccc1)NC(=O)[C@H](CC(C)C)NC(=O)[C@@H](NC(=O)[C@H](CC(=O)O)NC(=O)[C@H](CO)NC(=O)[C@@H](N)CC(N)=O)C(C)C)C(=O)N[C@@H](Cc1ccccc1)C(=O)O. The first-order chi connectivity index (χ1) is 48.9. The Morgan fingerprint density at radius 1 is 0.515 bits per heavy atom. The van der Waals surface area contributed by atoms with Crippen molar-refractivity contribution in [2.75, 3.05) is 38.2 Å². The number of thioether (sulfide) groups is 1. The summed E-state index contributed by atoms with van der Waals surface area (Å²) in [6, 6.07) is 6.09. The lowest BCUT2D eigenvalue weighted by Gasteiger charge is -2.33. The van der Waals surface area contributed by atoms with E-state index in [1.54, 1.807) is 92.9 Å². The summed E-state index contributed by atoms with van der Waals surface area (Å²) >= 11 is 1.40. The number of unbranched alkanes of at least 4 members (excludes halogenated alkanes) is 1. The number of aliphatic carboxylic acids is 2. The maximum atomic E-state index is 15.1. The zero-order valence-electron chi connectivity index (χ0n) is 58.6. The van der Waals surface area contributed by atoms with Crippen molar-refractivity contribution in [2.45, 2.75) is 190 Å². The Morgan fingerprint density at radius 3 is 1.49 bits per heavy atom. The third kappa shape index (κ3) is 26.9. The average Bonchev–Trinajstić information content (AvgIpc) is 1.69. The van der Waals surface area contributed by atoms with E-state index in [4.69, 9.17) is 17.2 Å². The number of rotatable bonds is 42. The number of carbonyl (C=O) groups excluding carboxylic acids is 12. The van der Waals surface area contributed by atoms with Crippen LogP contribution in [0.3, 0.4) is 0 Å². The summed E-state index contributed by atoms with van der Waals surface area (Å²) in [4.78, 5) is 195. The number of carbonyl (C=O) groups is 14. The molecule has 0 aromatic heterocycles. The van der Waals surface area contributed by atoms with Gasteiger partial charge in [0.05, 0.1) is 25.5 Å². The number of hydrogen-bond donors (Lipinski definition) is 16. The second kappa shape index (κ2) is 42.0. The molecule has 0 bridgehead atoms. The minimum absolute atomic E-state index is 0.0175. The highest BCUT2D eigenvalue weighted by Gasteiger charge is 2.44. The molecule has 5 rings (SSSR count). The number of primary amides is 1. The summed E-state index contributed by atoms with van der Waals surface area (Å²) in [5.41, 5.74) is 18.4. The number of amides is 12. The van der Waals surface area contributed by atoms with Gasteiger partial charge in [-0.1, -0.05) is 100 Å². The molecule has 2 aliphatic rings. The highest BCUT2D eigenvalue weighted by molar-refractivity contribution is 7.98. The number of aliphatic hydroxyl groups is 1. The van der Waals surface area contributed by atoms with Gasteiger partial charge in [-0.25, -0.2) is 4.79 Å². The highest BCUT2D eigenvalue weighted by atomic mass is 32.2.